The molecule has 28 heavy (non-hydrogen) atoms. The van der Waals surface area contributed by atoms with Crippen LogP contribution in [0.3, 0.4) is 0 Å². The number of benzene rings is 2. The van der Waals surface area contributed by atoms with E-state index in [0.717, 1.165) is 34.7 Å². The molecule has 0 spiro atoms. The van der Waals surface area contributed by atoms with Gasteiger partial charge in [0.1, 0.15) is 17.2 Å². The minimum absolute atomic E-state index is 0.226. The SMILES string of the molecule is Cc1nccn1Cc1cccc(CNC(=O)NCc2cc3ccccc3o2)c1. The molecule has 0 saturated carbocycles. The summed E-state index contributed by atoms with van der Waals surface area (Å²) >= 11 is 0. The summed E-state index contributed by atoms with van der Waals surface area (Å²) in [5, 5.41) is 6.75. The van der Waals surface area contributed by atoms with Crippen molar-refractivity contribution in [3.63, 3.8) is 0 Å². The van der Waals surface area contributed by atoms with Gasteiger partial charge in [0, 0.05) is 30.9 Å². The number of carbonyl (C=O) groups excluding carboxylic acids is 1. The van der Waals surface area contributed by atoms with E-state index in [-0.39, 0.29) is 6.03 Å². The molecule has 2 amide bonds. The van der Waals surface area contributed by atoms with Crippen LogP contribution in [0.2, 0.25) is 0 Å². The van der Waals surface area contributed by atoms with Crippen molar-refractivity contribution in [2.75, 3.05) is 0 Å². The zero-order valence-corrected chi connectivity index (χ0v) is 15.7. The quantitative estimate of drug-likeness (QED) is 0.536. The van der Waals surface area contributed by atoms with Crippen molar-refractivity contribution in [1.29, 1.82) is 0 Å². The van der Waals surface area contributed by atoms with Crippen LogP contribution in [0.25, 0.3) is 11.0 Å². The monoisotopic (exact) mass is 374 g/mol. The van der Waals surface area contributed by atoms with Gasteiger partial charge in [0.2, 0.25) is 0 Å². The van der Waals surface area contributed by atoms with Crippen LogP contribution in [-0.2, 0) is 19.6 Å². The number of urea groups is 1. The maximum absolute atomic E-state index is 12.1. The lowest BCUT2D eigenvalue weighted by Gasteiger charge is -2.09. The molecule has 6 nitrogen and oxygen atoms in total. The fourth-order valence-corrected chi connectivity index (χ4v) is 3.14. The third-order valence-corrected chi connectivity index (χ3v) is 4.62. The average Bonchev–Trinajstić information content (AvgIpc) is 3.31. The number of amides is 2. The summed E-state index contributed by atoms with van der Waals surface area (Å²) in [7, 11) is 0. The van der Waals surface area contributed by atoms with Gasteiger partial charge in [-0.15, -0.1) is 0 Å². The molecule has 0 aliphatic heterocycles. The predicted octanol–water partition coefficient (Wildman–Crippen LogP) is 3.99. The van der Waals surface area contributed by atoms with Crippen molar-refractivity contribution >= 4 is 17.0 Å². The zero-order chi connectivity index (χ0) is 19.3. The molecule has 0 atom stereocenters. The number of rotatable bonds is 6. The minimum Gasteiger partial charge on any atom is -0.459 e. The lowest BCUT2D eigenvalue weighted by molar-refractivity contribution is 0.239. The van der Waals surface area contributed by atoms with Crippen molar-refractivity contribution in [2.45, 2.75) is 26.6 Å². The van der Waals surface area contributed by atoms with Gasteiger partial charge in [-0.05, 0) is 30.2 Å². The van der Waals surface area contributed by atoms with Gasteiger partial charge < -0.3 is 19.6 Å². The van der Waals surface area contributed by atoms with Crippen LogP contribution in [0.5, 0.6) is 0 Å². The van der Waals surface area contributed by atoms with Crippen LogP contribution in [0, 0.1) is 6.92 Å². The maximum Gasteiger partial charge on any atom is 0.315 e. The van der Waals surface area contributed by atoms with Gasteiger partial charge in [0.05, 0.1) is 6.54 Å². The number of aromatic nitrogens is 2. The van der Waals surface area contributed by atoms with Crippen LogP contribution >= 0.6 is 0 Å². The highest BCUT2D eigenvalue weighted by Gasteiger charge is 2.06. The Kier molecular flexibility index (Phi) is 5.10. The number of nitrogens with one attached hydrogen (secondary N) is 2. The molecule has 2 aromatic carbocycles. The molecule has 0 radical (unpaired) electrons. The second-order valence-electron chi connectivity index (χ2n) is 6.71. The topological polar surface area (TPSA) is 72.1 Å². The number of furan rings is 1. The standard InChI is InChI=1S/C22H22N4O2/c1-16-23-9-10-26(16)15-18-6-4-5-17(11-18)13-24-22(27)25-14-20-12-19-7-2-3-8-21(19)28-20/h2-12H,13-15H2,1H3,(H2,24,25,27). The zero-order valence-electron chi connectivity index (χ0n) is 15.7. The summed E-state index contributed by atoms with van der Waals surface area (Å²) < 4.78 is 7.80. The van der Waals surface area contributed by atoms with E-state index in [1.807, 2.05) is 55.6 Å². The Morgan fingerprint density at radius 3 is 2.68 bits per heavy atom. The summed E-state index contributed by atoms with van der Waals surface area (Å²) in [6.07, 6.45) is 3.76. The molecule has 142 valence electrons. The number of hydrogen-bond acceptors (Lipinski definition) is 3. The molecule has 0 fully saturated rings. The summed E-state index contributed by atoms with van der Waals surface area (Å²) in [5.74, 6) is 1.71. The van der Waals surface area contributed by atoms with Crippen molar-refractivity contribution in [3.05, 3.63) is 89.7 Å². The number of nitrogens with zero attached hydrogens (tertiary/aromatic N) is 2. The Morgan fingerprint density at radius 1 is 1.04 bits per heavy atom. The van der Waals surface area contributed by atoms with Gasteiger partial charge in [-0.25, -0.2) is 9.78 Å². The van der Waals surface area contributed by atoms with Crippen LogP contribution in [-0.4, -0.2) is 15.6 Å². The van der Waals surface area contributed by atoms with E-state index in [4.69, 9.17) is 4.42 Å². The lowest BCUT2D eigenvalue weighted by atomic mass is 10.1. The van der Waals surface area contributed by atoms with E-state index in [9.17, 15) is 4.79 Å². The molecule has 2 aromatic heterocycles. The van der Waals surface area contributed by atoms with Crippen molar-refractivity contribution in [1.82, 2.24) is 20.2 Å². The average molecular weight is 374 g/mol. The lowest BCUT2D eigenvalue weighted by Crippen LogP contribution is -2.34. The Balaban J connectivity index is 1.29. The first kappa shape index (κ1) is 17.9. The summed E-state index contributed by atoms with van der Waals surface area (Å²) in [4.78, 5) is 16.4. The molecule has 4 rings (SSSR count). The normalized spacial score (nSPS) is 10.9. The number of hydrogen-bond donors (Lipinski definition) is 2. The van der Waals surface area contributed by atoms with E-state index >= 15 is 0 Å². The highest BCUT2D eigenvalue weighted by atomic mass is 16.3. The van der Waals surface area contributed by atoms with E-state index in [1.54, 1.807) is 6.20 Å². The van der Waals surface area contributed by atoms with Crippen molar-refractivity contribution in [2.24, 2.45) is 0 Å². The summed E-state index contributed by atoms with van der Waals surface area (Å²) in [6, 6.07) is 17.7. The summed E-state index contributed by atoms with van der Waals surface area (Å²) in [5.41, 5.74) is 3.04. The van der Waals surface area contributed by atoms with Gasteiger partial charge in [-0.1, -0.05) is 42.5 Å². The Hall–Kier alpha value is -3.54. The largest absolute Gasteiger partial charge is 0.459 e. The molecule has 0 unspecified atom stereocenters. The first-order valence-corrected chi connectivity index (χ1v) is 9.22. The molecule has 4 aromatic rings. The smallest absolute Gasteiger partial charge is 0.315 e. The number of fused-ring (bicyclic) bond motifs is 1. The van der Waals surface area contributed by atoms with Crippen LogP contribution in [0.15, 0.2) is 71.4 Å². The first-order chi connectivity index (χ1) is 13.7. The summed E-state index contributed by atoms with van der Waals surface area (Å²) in [6.45, 7) is 3.55. The first-order valence-electron chi connectivity index (χ1n) is 9.22. The molecule has 0 aliphatic rings. The molecular formula is C22H22N4O2. The number of aryl methyl sites for hydroxylation is 1. The number of carbonyl (C=O) groups is 1. The highest BCUT2D eigenvalue weighted by Crippen LogP contribution is 2.18. The maximum atomic E-state index is 12.1. The van der Waals surface area contributed by atoms with Crippen LogP contribution in [0.1, 0.15) is 22.7 Å². The fourth-order valence-electron chi connectivity index (χ4n) is 3.14. The molecule has 2 N–H and O–H groups in total. The minimum atomic E-state index is -0.226. The highest BCUT2D eigenvalue weighted by molar-refractivity contribution is 5.78. The van der Waals surface area contributed by atoms with Crippen LogP contribution in [0.4, 0.5) is 4.79 Å². The molecule has 0 aliphatic carbocycles. The Bertz CT molecular complexity index is 1060. The second-order valence-corrected chi connectivity index (χ2v) is 6.71. The van der Waals surface area contributed by atoms with Gasteiger partial charge in [0.15, 0.2) is 0 Å². The number of imidazole rings is 1. The molecule has 0 bridgehead atoms. The Labute approximate surface area is 163 Å². The fraction of sp³-hybridized carbons (Fsp3) is 0.182. The predicted molar refractivity (Wildman–Crippen MR) is 108 cm³/mol. The Morgan fingerprint density at radius 2 is 1.86 bits per heavy atom. The van der Waals surface area contributed by atoms with E-state index in [1.165, 1.54) is 5.56 Å². The van der Waals surface area contributed by atoms with E-state index in [0.29, 0.717) is 13.1 Å². The molecule has 6 heteroatoms. The van der Waals surface area contributed by atoms with Gasteiger partial charge in [0.25, 0.3) is 0 Å². The molecule has 2 heterocycles. The molecule has 0 saturated heterocycles. The van der Waals surface area contributed by atoms with Gasteiger partial charge in [-0.2, -0.15) is 0 Å². The third kappa shape index (κ3) is 4.23. The van der Waals surface area contributed by atoms with Gasteiger partial charge >= 0.3 is 6.03 Å². The second kappa shape index (κ2) is 8.00. The van der Waals surface area contributed by atoms with Crippen molar-refractivity contribution < 1.29 is 9.21 Å². The molecular weight excluding hydrogens is 352 g/mol. The number of para-hydroxylation sites is 1. The van der Waals surface area contributed by atoms with E-state index in [2.05, 4.69) is 32.3 Å². The van der Waals surface area contributed by atoms with Gasteiger partial charge in [-0.3, -0.25) is 0 Å². The van der Waals surface area contributed by atoms with E-state index < -0.39 is 0 Å². The van der Waals surface area contributed by atoms with Crippen LogP contribution < -0.4 is 10.6 Å². The third-order valence-electron chi connectivity index (χ3n) is 4.62. The van der Waals surface area contributed by atoms with Crippen molar-refractivity contribution in [3.8, 4) is 0 Å².